The van der Waals surface area contributed by atoms with Crippen molar-refractivity contribution >= 4 is 31.3 Å². The van der Waals surface area contributed by atoms with Crippen molar-refractivity contribution in [2.75, 3.05) is 18.6 Å². The van der Waals surface area contributed by atoms with Crippen LogP contribution in [0.25, 0.3) is 0 Å². The number of hydrogen-bond donors (Lipinski definition) is 2. The van der Waals surface area contributed by atoms with Gasteiger partial charge in [-0.25, -0.2) is 0 Å². The van der Waals surface area contributed by atoms with Crippen molar-refractivity contribution in [1.82, 2.24) is 0 Å². The van der Waals surface area contributed by atoms with Crippen LogP contribution < -0.4 is 11.5 Å². The average molecular weight is 234 g/mol. The predicted octanol–water partition coefficient (Wildman–Crippen LogP) is 0.834. The molecule has 0 amide bonds. The molecule has 0 saturated carbocycles. The lowest BCUT2D eigenvalue weighted by molar-refractivity contribution is 0.413. The van der Waals surface area contributed by atoms with E-state index in [0.717, 1.165) is 7.11 Å². The minimum Gasteiger partial charge on any atom is -0.399 e. The molecule has 0 heterocycles. The molecular formula is C7H10N2O3S2. The second kappa shape index (κ2) is 4.07. The third-order valence-corrected chi connectivity index (χ3v) is 3.99. The highest BCUT2D eigenvalue weighted by Gasteiger charge is 2.11. The molecule has 0 aromatic heterocycles. The van der Waals surface area contributed by atoms with Crippen LogP contribution in [0.5, 0.6) is 0 Å². The Kier molecular flexibility index (Phi) is 3.25. The molecule has 7 heteroatoms. The summed E-state index contributed by atoms with van der Waals surface area (Å²) in [7, 11) is -1.94. The molecule has 0 saturated heterocycles. The second-order valence-corrected chi connectivity index (χ2v) is 6.01. The first kappa shape index (κ1) is 11.2. The van der Waals surface area contributed by atoms with E-state index >= 15 is 0 Å². The lowest BCUT2D eigenvalue weighted by atomic mass is 10.3. The Morgan fingerprint density at radius 1 is 1.21 bits per heavy atom. The van der Waals surface area contributed by atoms with Crippen LogP contribution in [0.3, 0.4) is 0 Å². The van der Waals surface area contributed by atoms with Crippen molar-refractivity contribution in [2.24, 2.45) is 0 Å². The molecule has 0 aliphatic heterocycles. The third kappa shape index (κ3) is 3.09. The summed E-state index contributed by atoms with van der Waals surface area (Å²) in [4.78, 5) is 0.435. The molecule has 14 heavy (non-hydrogen) atoms. The Labute approximate surface area is 85.9 Å². The molecule has 1 aromatic rings. The highest BCUT2D eigenvalue weighted by molar-refractivity contribution is 8.70. The van der Waals surface area contributed by atoms with Gasteiger partial charge in [0.15, 0.2) is 0 Å². The summed E-state index contributed by atoms with van der Waals surface area (Å²) in [6, 6.07) is 4.57. The van der Waals surface area contributed by atoms with E-state index in [0.29, 0.717) is 27.1 Å². The van der Waals surface area contributed by atoms with Gasteiger partial charge in [-0.15, -0.1) is 0 Å². The van der Waals surface area contributed by atoms with Crippen molar-refractivity contribution in [3.8, 4) is 0 Å². The van der Waals surface area contributed by atoms with Gasteiger partial charge in [-0.1, -0.05) is 0 Å². The van der Waals surface area contributed by atoms with E-state index in [9.17, 15) is 8.42 Å². The normalized spacial score (nSPS) is 11.5. The molecule has 0 fully saturated rings. The van der Waals surface area contributed by atoms with Gasteiger partial charge in [0.05, 0.1) is 7.11 Å². The fourth-order valence-corrected chi connectivity index (χ4v) is 2.72. The molecule has 4 N–H and O–H groups in total. The summed E-state index contributed by atoms with van der Waals surface area (Å²) in [6.07, 6.45) is 0. The van der Waals surface area contributed by atoms with Crippen LogP contribution in [0.2, 0.25) is 0 Å². The van der Waals surface area contributed by atoms with Gasteiger partial charge in [0.2, 0.25) is 0 Å². The molecule has 0 atom stereocenters. The van der Waals surface area contributed by atoms with Crippen molar-refractivity contribution < 1.29 is 12.6 Å². The molecule has 78 valence electrons. The van der Waals surface area contributed by atoms with Crippen molar-refractivity contribution in [1.29, 1.82) is 0 Å². The number of hydrogen-bond acceptors (Lipinski definition) is 6. The fraction of sp³-hybridized carbons (Fsp3) is 0.143. The molecule has 0 unspecified atom stereocenters. The van der Waals surface area contributed by atoms with Gasteiger partial charge < -0.3 is 11.5 Å². The van der Waals surface area contributed by atoms with E-state index in [1.54, 1.807) is 6.07 Å². The maximum Gasteiger partial charge on any atom is 0.326 e. The first-order chi connectivity index (χ1) is 6.43. The van der Waals surface area contributed by atoms with Crippen LogP contribution in [0, 0.1) is 0 Å². The number of anilines is 2. The third-order valence-electron chi connectivity index (χ3n) is 1.35. The number of rotatable bonds is 3. The molecule has 0 aliphatic rings. The molecular weight excluding hydrogens is 224 g/mol. The summed E-state index contributed by atoms with van der Waals surface area (Å²) in [5, 5.41) is 0. The number of nitrogen functional groups attached to an aromatic ring is 2. The summed E-state index contributed by atoms with van der Waals surface area (Å²) >= 11 is 0. The van der Waals surface area contributed by atoms with E-state index in [1.807, 2.05) is 0 Å². The van der Waals surface area contributed by atoms with E-state index in [4.69, 9.17) is 11.5 Å². The Hall–Kier alpha value is -0.920. The van der Waals surface area contributed by atoms with Gasteiger partial charge in [0.25, 0.3) is 0 Å². The van der Waals surface area contributed by atoms with Crippen molar-refractivity contribution in [2.45, 2.75) is 4.90 Å². The fourth-order valence-electron chi connectivity index (χ4n) is 0.846. The molecule has 1 aromatic carbocycles. The van der Waals surface area contributed by atoms with Gasteiger partial charge in [0, 0.05) is 27.1 Å². The van der Waals surface area contributed by atoms with Crippen LogP contribution >= 0.6 is 10.8 Å². The number of nitrogens with two attached hydrogens (primary N) is 2. The van der Waals surface area contributed by atoms with E-state index in [2.05, 4.69) is 4.18 Å². The van der Waals surface area contributed by atoms with E-state index in [-0.39, 0.29) is 0 Å². The van der Waals surface area contributed by atoms with Gasteiger partial charge in [-0.2, -0.15) is 8.42 Å². The van der Waals surface area contributed by atoms with Crippen molar-refractivity contribution in [3.63, 3.8) is 0 Å². The zero-order chi connectivity index (χ0) is 10.8. The van der Waals surface area contributed by atoms with Crippen LogP contribution in [-0.2, 0) is 13.3 Å². The molecule has 1 rings (SSSR count). The minimum atomic E-state index is -3.60. The zero-order valence-corrected chi connectivity index (χ0v) is 9.06. The first-order valence-electron chi connectivity index (χ1n) is 3.59. The predicted molar refractivity (Wildman–Crippen MR) is 57.1 cm³/mol. The molecule has 0 radical (unpaired) electrons. The Morgan fingerprint density at radius 2 is 1.71 bits per heavy atom. The summed E-state index contributed by atoms with van der Waals surface area (Å²) in [5.41, 5.74) is 11.8. The van der Waals surface area contributed by atoms with Crippen LogP contribution in [-0.4, -0.2) is 15.5 Å². The summed E-state index contributed by atoms with van der Waals surface area (Å²) < 4.78 is 26.4. The Balaban J connectivity index is 2.98. The number of benzene rings is 1. The van der Waals surface area contributed by atoms with E-state index in [1.165, 1.54) is 12.1 Å². The molecule has 0 aliphatic carbocycles. The standard InChI is InChI=1S/C7H10N2O3S2/c1-12-14(10,11)13-7-3-5(8)2-6(9)4-7/h2-4H,8-9H2,1H3. The SMILES string of the molecule is COS(=O)(=O)Sc1cc(N)cc(N)c1. The lowest BCUT2D eigenvalue weighted by Gasteiger charge is -2.03. The average Bonchev–Trinajstić information content (AvgIpc) is 2.01. The maximum absolute atomic E-state index is 11.1. The van der Waals surface area contributed by atoms with Crippen molar-refractivity contribution in [3.05, 3.63) is 18.2 Å². The largest absolute Gasteiger partial charge is 0.399 e. The highest BCUT2D eigenvalue weighted by atomic mass is 33.1. The molecule has 0 spiro atoms. The topological polar surface area (TPSA) is 95.4 Å². The quantitative estimate of drug-likeness (QED) is 0.594. The minimum absolute atomic E-state index is 0.416. The maximum atomic E-state index is 11.1. The van der Waals surface area contributed by atoms with Crippen LogP contribution in [0.15, 0.2) is 23.1 Å². The summed E-state index contributed by atoms with van der Waals surface area (Å²) in [5.74, 6) is 0. The zero-order valence-electron chi connectivity index (χ0n) is 7.43. The molecule has 5 nitrogen and oxygen atoms in total. The monoisotopic (exact) mass is 234 g/mol. The van der Waals surface area contributed by atoms with Crippen LogP contribution in [0.4, 0.5) is 11.4 Å². The van der Waals surface area contributed by atoms with E-state index < -0.39 is 9.15 Å². The Morgan fingerprint density at radius 3 is 2.14 bits per heavy atom. The van der Waals surface area contributed by atoms with Gasteiger partial charge >= 0.3 is 9.15 Å². The van der Waals surface area contributed by atoms with Gasteiger partial charge in [0.1, 0.15) is 0 Å². The lowest BCUT2D eigenvalue weighted by Crippen LogP contribution is -1.96. The van der Waals surface area contributed by atoms with Gasteiger partial charge in [-0.05, 0) is 18.2 Å². The summed E-state index contributed by atoms with van der Waals surface area (Å²) in [6.45, 7) is 0. The Bertz CT molecular complexity index is 410. The highest BCUT2D eigenvalue weighted by Crippen LogP contribution is 2.28. The smallest absolute Gasteiger partial charge is 0.326 e. The first-order valence-corrected chi connectivity index (χ1v) is 6.33. The van der Waals surface area contributed by atoms with Crippen LogP contribution in [0.1, 0.15) is 0 Å². The molecule has 0 bridgehead atoms. The van der Waals surface area contributed by atoms with Gasteiger partial charge in [-0.3, -0.25) is 4.18 Å². The second-order valence-electron chi connectivity index (χ2n) is 2.49.